The van der Waals surface area contributed by atoms with Gasteiger partial charge in [0.15, 0.2) is 0 Å². The van der Waals surface area contributed by atoms with Gasteiger partial charge < -0.3 is 20.5 Å². The lowest BCUT2D eigenvalue weighted by Crippen LogP contribution is -2.39. The maximum atomic E-state index is 12.5. The summed E-state index contributed by atoms with van der Waals surface area (Å²) in [7, 11) is 0. The van der Waals surface area contributed by atoms with E-state index in [1.165, 1.54) is 64.2 Å². The SMILES string of the molecule is CCCCCCCCCCCCCCCC(=O)Nc1cccc(NC(=O)C(Oc2ccccc2)C(=O)O)c1. The molecule has 2 amide bonds. The molecule has 2 rings (SSSR count). The molecule has 0 aliphatic heterocycles. The molecule has 0 saturated carbocycles. The van der Waals surface area contributed by atoms with Gasteiger partial charge in [0.05, 0.1) is 0 Å². The first-order valence-corrected chi connectivity index (χ1v) is 14.1. The van der Waals surface area contributed by atoms with Crippen LogP contribution in [0.2, 0.25) is 0 Å². The van der Waals surface area contributed by atoms with Crippen molar-refractivity contribution in [1.82, 2.24) is 0 Å². The maximum absolute atomic E-state index is 12.5. The molecule has 0 heterocycles. The number of unbranched alkanes of at least 4 members (excludes halogenated alkanes) is 12. The van der Waals surface area contributed by atoms with Crippen molar-refractivity contribution in [1.29, 1.82) is 0 Å². The van der Waals surface area contributed by atoms with Crippen LogP contribution in [0.25, 0.3) is 0 Å². The highest BCUT2D eigenvalue weighted by Crippen LogP contribution is 2.18. The van der Waals surface area contributed by atoms with E-state index in [1.54, 1.807) is 54.6 Å². The summed E-state index contributed by atoms with van der Waals surface area (Å²) >= 11 is 0. The van der Waals surface area contributed by atoms with Crippen molar-refractivity contribution in [3.8, 4) is 5.75 Å². The quantitative estimate of drug-likeness (QED) is 0.122. The highest BCUT2D eigenvalue weighted by Gasteiger charge is 2.28. The fraction of sp³-hybridized carbons (Fsp3) is 0.516. The highest BCUT2D eigenvalue weighted by atomic mass is 16.5. The number of nitrogens with one attached hydrogen (secondary N) is 2. The highest BCUT2D eigenvalue weighted by molar-refractivity contribution is 6.07. The lowest BCUT2D eigenvalue weighted by atomic mass is 10.0. The number of hydrogen-bond donors (Lipinski definition) is 3. The normalized spacial score (nSPS) is 11.5. The lowest BCUT2D eigenvalue weighted by molar-refractivity contribution is -0.149. The molecule has 0 aliphatic carbocycles. The fourth-order valence-electron chi connectivity index (χ4n) is 4.26. The standard InChI is InChI=1S/C31H44N2O5/c1-2-3-4-5-6-7-8-9-10-11-12-13-17-23-28(34)32-25-19-18-20-26(24-25)33-30(35)29(31(36)37)38-27-21-15-14-16-22-27/h14-16,18-22,24,29H,2-13,17,23H2,1H3,(H,32,34)(H,33,35)(H,36,37). The van der Waals surface area contributed by atoms with Crippen LogP contribution in [0.4, 0.5) is 11.4 Å². The van der Waals surface area contributed by atoms with Gasteiger partial charge in [-0.2, -0.15) is 0 Å². The zero-order chi connectivity index (χ0) is 27.4. The number of anilines is 2. The minimum absolute atomic E-state index is 0.0765. The average molecular weight is 525 g/mol. The second-order valence-electron chi connectivity index (χ2n) is 9.76. The van der Waals surface area contributed by atoms with Crippen LogP contribution in [-0.4, -0.2) is 29.0 Å². The first-order chi connectivity index (χ1) is 18.5. The van der Waals surface area contributed by atoms with Crippen molar-refractivity contribution in [3.63, 3.8) is 0 Å². The number of aliphatic carboxylic acids is 1. The number of rotatable bonds is 20. The lowest BCUT2D eigenvalue weighted by Gasteiger charge is -2.15. The number of benzene rings is 2. The van der Waals surface area contributed by atoms with Gasteiger partial charge in [0.1, 0.15) is 5.75 Å². The Morgan fingerprint density at radius 3 is 1.79 bits per heavy atom. The minimum atomic E-state index is -1.70. The summed E-state index contributed by atoms with van der Waals surface area (Å²) in [6.45, 7) is 2.25. The molecule has 2 aromatic rings. The van der Waals surface area contributed by atoms with E-state index in [0.717, 1.165) is 19.3 Å². The molecule has 0 saturated heterocycles. The molecule has 0 aliphatic rings. The average Bonchev–Trinajstić information content (AvgIpc) is 2.90. The Balaban J connectivity index is 1.63. The van der Waals surface area contributed by atoms with Crippen molar-refractivity contribution < 1.29 is 24.2 Å². The van der Waals surface area contributed by atoms with Gasteiger partial charge in [-0.3, -0.25) is 9.59 Å². The Hall–Kier alpha value is -3.35. The number of carboxylic acids is 1. The Kier molecular flexibility index (Phi) is 15.3. The third kappa shape index (κ3) is 13.3. The second-order valence-corrected chi connectivity index (χ2v) is 9.76. The van der Waals surface area contributed by atoms with E-state index in [4.69, 9.17) is 4.74 Å². The van der Waals surface area contributed by atoms with Crippen molar-refractivity contribution >= 4 is 29.2 Å². The van der Waals surface area contributed by atoms with E-state index in [0.29, 0.717) is 17.8 Å². The Bertz CT molecular complexity index is 964. The van der Waals surface area contributed by atoms with Gasteiger partial charge in [0, 0.05) is 17.8 Å². The Labute approximate surface area is 227 Å². The Morgan fingerprint density at radius 2 is 1.24 bits per heavy atom. The molecule has 7 nitrogen and oxygen atoms in total. The van der Waals surface area contributed by atoms with Crippen LogP contribution in [0.15, 0.2) is 54.6 Å². The molecule has 38 heavy (non-hydrogen) atoms. The predicted molar refractivity (Wildman–Crippen MR) is 153 cm³/mol. The number of carbonyl (C=O) groups excluding carboxylic acids is 2. The van der Waals surface area contributed by atoms with Crippen LogP contribution in [0.5, 0.6) is 5.75 Å². The number of carbonyl (C=O) groups is 3. The van der Waals surface area contributed by atoms with Gasteiger partial charge in [-0.05, 0) is 36.8 Å². The summed E-state index contributed by atoms with van der Waals surface area (Å²) in [5, 5.41) is 14.8. The number of amides is 2. The van der Waals surface area contributed by atoms with E-state index < -0.39 is 18.0 Å². The summed E-state index contributed by atoms with van der Waals surface area (Å²) < 4.78 is 5.34. The zero-order valence-corrected chi connectivity index (χ0v) is 22.8. The predicted octanol–water partition coefficient (Wildman–Crippen LogP) is 7.58. The molecule has 3 N–H and O–H groups in total. The largest absolute Gasteiger partial charge is 0.478 e. The Morgan fingerprint density at radius 1 is 0.711 bits per heavy atom. The number of ether oxygens (including phenoxy) is 1. The second kappa shape index (κ2) is 18.8. The summed E-state index contributed by atoms with van der Waals surface area (Å²) in [6.07, 6.45) is 15.1. The molecule has 1 atom stereocenters. The van der Waals surface area contributed by atoms with Gasteiger partial charge in [0.2, 0.25) is 5.91 Å². The van der Waals surface area contributed by atoms with E-state index in [9.17, 15) is 19.5 Å². The summed E-state index contributed by atoms with van der Waals surface area (Å²) in [5.74, 6) is -2.00. The van der Waals surface area contributed by atoms with Gasteiger partial charge in [-0.15, -0.1) is 0 Å². The van der Waals surface area contributed by atoms with Crippen molar-refractivity contribution in [3.05, 3.63) is 54.6 Å². The zero-order valence-electron chi connectivity index (χ0n) is 22.8. The van der Waals surface area contributed by atoms with Gasteiger partial charge in [-0.1, -0.05) is 108 Å². The molecule has 0 spiro atoms. The summed E-state index contributed by atoms with van der Waals surface area (Å²) in [5.41, 5.74) is 0.912. The van der Waals surface area contributed by atoms with Gasteiger partial charge in [0.25, 0.3) is 12.0 Å². The van der Waals surface area contributed by atoms with Crippen LogP contribution in [0.1, 0.15) is 96.8 Å². The van der Waals surface area contributed by atoms with E-state index >= 15 is 0 Å². The van der Waals surface area contributed by atoms with Crippen molar-refractivity contribution in [2.75, 3.05) is 10.6 Å². The van der Waals surface area contributed by atoms with Gasteiger partial charge >= 0.3 is 5.97 Å². The van der Waals surface area contributed by atoms with Crippen LogP contribution in [0, 0.1) is 0 Å². The van der Waals surface area contributed by atoms with Gasteiger partial charge in [-0.25, -0.2) is 4.79 Å². The maximum Gasteiger partial charge on any atom is 0.354 e. The molecular formula is C31H44N2O5. The van der Waals surface area contributed by atoms with Crippen molar-refractivity contribution in [2.24, 2.45) is 0 Å². The molecular weight excluding hydrogens is 480 g/mol. The minimum Gasteiger partial charge on any atom is -0.478 e. The van der Waals surface area contributed by atoms with Crippen molar-refractivity contribution in [2.45, 2.75) is 103 Å². The van der Waals surface area contributed by atoms with E-state index in [-0.39, 0.29) is 11.7 Å². The van der Waals surface area contributed by atoms with E-state index in [2.05, 4.69) is 17.6 Å². The first-order valence-electron chi connectivity index (χ1n) is 14.1. The number of para-hydroxylation sites is 1. The molecule has 7 heteroatoms. The topological polar surface area (TPSA) is 105 Å². The monoisotopic (exact) mass is 524 g/mol. The molecule has 208 valence electrons. The van der Waals surface area contributed by atoms with E-state index in [1.807, 2.05) is 0 Å². The molecule has 0 aromatic heterocycles. The van der Waals surface area contributed by atoms with Crippen LogP contribution >= 0.6 is 0 Å². The molecule has 0 radical (unpaired) electrons. The smallest absolute Gasteiger partial charge is 0.354 e. The first kappa shape index (κ1) is 30.9. The third-order valence-electron chi connectivity index (χ3n) is 6.38. The summed E-state index contributed by atoms with van der Waals surface area (Å²) in [6, 6.07) is 14.9. The number of carboxylic acid groups (broad SMARTS) is 1. The third-order valence-corrected chi connectivity index (χ3v) is 6.38. The van der Waals surface area contributed by atoms with Crippen LogP contribution in [0.3, 0.4) is 0 Å². The summed E-state index contributed by atoms with van der Waals surface area (Å²) in [4.78, 5) is 36.5. The molecule has 1 unspecified atom stereocenters. The number of hydrogen-bond acceptors (Lipinski definition) is 4. The van der Waals surface area contributed by atoms with Crippen LogP contribution < -0.4 is 15.4 Å². The molecule has 0 bridgehead atoms. The molecule has 0 fully saturated rings. The van der Waals surface area contributed by atoms with Crippen LogP contribution in [-0.2, 0) is 14.4 Å². The fourth-order valence-corrected chi connectivity index (χ4v) is 4.26. The molecule has 2 aromatic carbocycles.